The Bertz CT molecular complexity index is 874. The van der Waals surface area contributed by atoms with Gasteiger partial charge in [0.15, 0.2) is 0 Å². The number of aliphatic hydroxyl groups is 1. The molecule has 2 aromatic carbocycles. The van der Waals surface area contributed by atoms with E-state index in [9.17, 15) is 5.11 Å². The van der Waals surface area contributed by atoms with Crippen molar-refractivity contribution in [2.75, 3.05) is 13.1 Å². The molecule has 0 spiro atoms. The van der Waals surface area contributed by atoms with Gasteiger partial charge < -0.3 is 9.63 Å². The van der Waals surface area contributed by atoms with Gasteiger partial charge in [0, 0.05) is 10.6 Å². The number of nitrogens with zero attached hydrogens (tertiary/aromatic N) is 3. The average Bonchev–Trinajstić information content (AvgIpc) is 3.18. The van der Waals surface area contributed by atoms with Crippen LogP contribution in [0, 0.1) is 5.92 Å². The van der Waals surface area contributed by atoms with Crippen molar-refractivity contribution in [3.63, 3.8) is 0 Å². The highest BCUT2D eigenvalue weighted by molar-refractivity contribution is 6.30. The number of aliphatic hydroxyl groups excluding tert-OH is 1. The molecule has 1 fully saturated rings. The molecular formula is C22H24ClN3O2. The van der Waals surface area contributed by atoms with Gasteiger partial charge in [0.25, 0.3) is 0 Å². The van der Waals surface area contributed by atoms with Gasteiger partial charge in [-0.1, -0.05) is 47.1 Å². The number of halogens is 1. The molecule has 0 saturated carbocycles. The molecule has 1 N–H and O–H groups in total. The number of hydrogen-bond donors (Lipinski definition) is 1. The van der Waals surface area contributed by atoms with E-state index in [0.717, 1.165) is 37.9 Å². The molecule has 0 unspecified atom stereocenters. The lowest BCUT2D eigenvalue weighted by Crippen LogP contribution is -2.38. The summed E-state index contributed by atoms with van der Waals surface area (Å²) in [5.41, 5.74) is 2.08. The summed E-state index contributed by atoms with van der Waals surface area (Å²) >= 11 is 5.92. The van der Waals surface area contributed by atoms with Crippen molar-refractivity contribution in [2.24, 2.45) is 5.92 Å². The van der Waals surface area contributed by atoms with Crippen molar-refractivity contribution in [3.05, 3.63) is 71.1 Å². The van der Waals surface area contributed by atoms with Gasteiger partial charge in [-0.15, -0.1) is 0 Å². The largest absolute Gasteiger partial charge is 0.392 e. The van der Waals surface area contributed by atoms with Gasteiger partial charge in [-0.05, 0) is 68.1 Å². The van der Waals surface area contributed by atoms with E-state index in [-0.39, 0.29) is 6.10 Å². The molecule has 1 saturated heterocycles. The second-order valence-electron chi connectivity index (χ2n) is 7.39. The fourth-order valence-corrected chi connectivity index (χ4v) is 3.87. The Morgan fingerprint density at radius 2 is 1.79 bits per heavy atom. The molecule has 5 nitrogen and oxygen atoms in total. The van der Waals surface area contributed by atoms with Crippen molar-refractivity contribution in [1.82, 2.24) is 15.0 Å². The van der Waals surface area contributed by atoms with E-state index >= 15 is 0 Å². The smallest absolute Gasteiger partial charge is 0.241 e. The second kappa shape index (κ2) is 8.86. The van der Waals surface area contributed by atoms with Crippen LogP contribution >= 0.6 is 11.6 Å². The summed E-state index contributed by atoms with van der Waals surface area (Å²) in [7, 11) is 0. The molecule has 1 aliphatic heterocycles. The van der Waals surface area contributed by atoms with Crippen LogP contribution in [0.15, 0.2) is 59.1 Å². The monoisotopic (exact) mass is 397 g/mol. The topological polar surface area (TPSA) is 62.4 Å². The summed E-state index contributed by atoms with van der Waals surface area (Å²) < 4.78 is 5.42. The highest BCUT2D eigenvalue weighted by Crippen LogP contribution is 2.25. The van der Waals surface area contributed by atoms with Crippen molar-refractivity contribution in [2.45, 2.75) is 31.9 Å². The summed E-state index contributed by atoms with van der Waals surface area (Å²) in [6.07, 6.45) is 2.39. The van der Waals surface area contributed by atoms with Gasteiger partial charge in [-0.3, -0.25) is 4.90 Å². The Labute approximate surface area is 170 Å². The van der Waals surface area contributed by atoms with Crippen molar-refractivity contribution in [1.29, 1.82) is 0 Å². The van der Waals surface area contributed by atoms with Crippen LogP contribution in [-0.4, -0.2) is 39.3 Å². The fraction of sp³-hybridized carbons (Fsp3) is 0.364. The molecule has 28 heavy (non-hydrogen) atoms. The van der Waals surface area contributed by atoms with E-state index < -0.39 is 0 Å². The van der Waals surface area contributed by atoms with Gasteiger partial charge in [0.1, 0.15) is 0 Å². The summed E-state index contributed by atoms with van der Waals surface area (Å²) in [5, 5.41) is 15.3. The van der Waals surface area contributed by atoms with Crippen LogP contribution in [0.4, 0.5) is 0 Å². The molecule has 0 radical (unpaired) electrons. The van der Waals surface area contributed by atoms with Crippen LogP contribution in [0.5, 0.6) is 0 Å². The molecule has 1 aliphatic rings. The Hall–Kier alpha value is -2.21. The van der Waals surface area contributed by atoms with Gasteiger partial charge in [0.2, 0.25) is 11.7 Å². The minimum absolute atomic E-state index is 0.288. The Morgan fingerprint density at radius 3 is 2.50 bits per heavy atom. The standard InChI is InChI=1S/C22H24ClN3O2/c23-19-8-6-18(7-9-19)22-24-21(28-25-22)15-26-12-10-17(11-13-26)20(27)14-16-4-2-1-3-5-16/h1-9,17,20,27H,10-15H2/t20-/m1/s1. The zero-order chi connectivity index (χ0) is 19.3. The van der Waals surface area contributed by atoms with Crippen molar-refractivity contribution < 1.29 is 9.63 Å². The summed E-state index contributed by atoms with van der Waals surface area (Å²) in [6.45, 7) is 2.49. The second-order valence-corrected chi connectivity index (χ2v) is 7.83. The third-order valence-electron chi connectivity index (χ3n) is 5.39. The van der Waals surface area contributed by atoms with Gasteiger partial charge >= 0.3 is 0 Å². The van der Waals surface area contributed by atoms with E-state index in [1.54, 1.807) is 0 Å². The molecule has 6 heteroatoms. The number of hydrogen-bond acceptors (Lipinski definition) is 5. The lowest BCUT2D eigenvalue weighted by Gasteiger charge is -2.33. The molecule has 1 aromatic heterocycles. The molecular weight excluding hydrogens is 374 g/mol. The highest BCUT2D eigenvalue weighted by atomic mass is 35.5. The van der Waals surface area contributed by atoms with Crippen LogP contribution < -0.4 is 0 Å². The first kappa shape index (κ1) is 19.1. The molecule has 0 bridgehead atoms. The van der Waals surface area contributed by atoms with Crippen LogP contribution in [0.3, 0.4) is 0 Å². The van der Waals surface area contributed by atoms with Crippen LogP contribution in [0.2, 0.25) is 5.02 Å². The maximum atomic E-state index is 10.6. The number of benzene rings is 2. The van der Waals surface area contributed by atoms with E-state index in [0.29, 0.717) is 29.2 Å². The Morgan fingerprint density at radius 1 is 1.07 bits per heavy atom. The first-order chi connectivity index (χ1) is 13.7. The molecule has 2 heterocycles. The number of piperidine rings is 1. The normalized spacial score (nSPS) is 16.9. The number of rotatable bonds is 6. The molecule has 0 amide bonds. The zero-order valence-electron chi connectivity index (χ0n) is 15.7. The molecule has 4 rings (SSSR count). The minimum Gasteiger partial charge on any atom is -0.392 e. The molecule has 3 aromatic rings. The SMILES string of the molecule is O[C@H](Cc1ccccc1)C1CCN(Cc2nc(-c3ccc(Cl)cc3)no2)CC1. The molecule has 146 valence electrons. The summed E-state index contributed by atoms with van der Waals surface area (Å²) in [4.78, 5) is 6.81. The quantitative estimate of drug-likeness (QED) is 0.675. The van der Waals surface area contributed by atoms with E-state index in [1.165, 1.54) is 5.56 Å². The van der Waals surface area contributed by atoms with E-state index in [2.05, 4.69) is 27.2 Å². The lowest BCUT2D eigenvalue weighted by atomic mass is 9.88. The van der Waals surface area contributed by atoms with Crippen LogP contribution in [-0.2, 0) is 13.0 Å². The van der Waals surface area contributed by atoms with E-state index in [1.807, 2.05) is 42.5 Å². The fourth-order valence-electron chi connectivity index (χ4n) is 3.74. The first-order valence-corrected chi connectivity index (χ1v) is 10.1. The van der Waals surface area contributed by atoms with Crippen LogP contribution in [0.25, 0.3) is 11.4 Å². The maximum Gasteiger partial charge on any atom is 0.241 e. The lowest BCUT2D eigenvalue weighted by molar-refractivity contribution is 0.0547. The maximum absolute atomic E-state index is 10.6. The Kier molecular flexibility index (Phi) is 6.05. The zero-order valence-corrected chi connectivity index (χ0v) is 16.4. The third kappa shape index (κ3) is 4.79. The van der Waals surface area contributed by atoms with Gasteiger partial charge in [-0.25, -0.2) is 0 Å². The van der Waals surface area contributed by atoms with Crippen molar-refractivity contribution in [3.8, 4) is 11.4 Å². The minimum atomic E-state index is -0.288. The average molecular weight is 398 g/mol. The number of aromatic nitrogens is 2. The third-order valence-corrected chi connectivity index (χ3v) is 5.65. The predicted octanol–water partition coefficient (Wildman–Crippen LogP) is 4.21. The summed E-state index contributed by atoms with van der Waals surface area (Å²) in [5.74, 6) is 1.54. The van der Waals surface area contributed by atoms with Crippen molar-refractivity contribution >= 4 is 11.6 Å². The van der Waals surface area contributed by atoms with Gasteiger partial charge in [0.05, 0.1) is 12.6 Å². The highest BCUT2D eigenvalue weighted by Gasteiger charge is 2.26. The number of likely N-dealkylation sites (tertiary alicyclic amines) is 1. The molecule has 1 atom stereocenters. The molecule has 0 aliphatic carbocycles. The van der Waals surface area contributed by atoms with Crippen LogP contribution in [0.1, 0.15) is 24.3 Å². The predicted molar refractivity (Wildman–Crippen MR) is 109 cm³/mol. The van der Waals surface area contributed by atoms with Gasteiger partial charge in [-0.2, -0.15) is 4.98 Å². The summed E-state index contributed by atoms with van der Waals surface area (Å²) in [6, 6.07) is 17.6. The van der Waals surface area contributed by atoms with E-state index in [4.69, 9.17) is 16.1 Å². The Balaban J connectivity index is 1.28. The first-order valence-electron chi connectivity index (χ1n) is 9.70.